The van der Waals surface area contributed by atoms with Gasteiger partial charge in [-0.2, -0.15) is 0 Å². The molecule has 3 aliphatic heterocycles. The maximum absolute atomic E-state index is 12.2. The third-order valence-corrected chi connectivity index (χ3v) is 7.21. The molecule has 30 heavy (non-hydrogen) atoms. The quantitative estimate of drug-likeness (QED) is 0.389. The van der Waals surface area contributed by atoms with Gasteiger partial charge in [0.15, 0.2) is 0 Å². The van der Waals surface area contributed by atoms with Gasteiger partial charge < -0.3 is 15.3 Å². The van der Waals surface area contributed by atoms with E-state index in [4.69, 9.17) is 0 Å². The Kier molecular flexibility index (Phi) is 6.19. The third kappa shape index (κ3) is 4.33. The lowest BCUT2D eigenvalue weighted by Gasteiger charge is -2.60. The Labute approximate surface area is 177 Å². The first kappa shape index (κ1) is 23.0. The van der Waals surface area contributed by atoms with Crippen LogP contribution in [0.25, 0.3) is 0 Å². The molecule has 0 radical (unpaired) electrons. The highest BCUT2D eigenvalue weighted by atomic mass is 16.4. The monoisotopic (exact) mass is 425 g/mol. The molecule has 4 unspecified atom stereocenters. The molecule has 0 aromatic rings. The molecular formula is C21H35N3O6. The summed E-state index contributed by atoms with van der Waals surface area (Å²) >= 11 is 0. The zero-order chi connectivity index (χ0) is 22.4. The van der Waals surface area contributed by atoms with Gasteiger partial charge in [-0.15, -0.1) is 0 Å². The van der Waals surface area contributed by atoms with Crippen LogP contribution in [0.2, 0.25) is 0 Å². The number of nitrogens with zero attached hydrogens (tertiary/aromatic N) is 3. The minimum Gasteiger partial charge on any atom is -0.481 e. The molecule has 0 spiro atoms. The number of carboxylic acids is 3. The molecule has 3 saturated heterocycles. The molecule has 3 rings (SSSR count). The van der Waals surface area contributed by atoms with Gasteiger partial charge in [0.2, 0.25) is 0 Å². The Bertz CT molecular complexity index is 661. The SMILES string of the molecule is CC(C(=O)O)C(N1CC1)C(C(CC(=O)O)N1CC1)(C(CC(=O)O)N1CC1)C(C)(C)C. The highest BCUT2D eigenvalue weighted by Gasteiger charge is 2.66. The van der Waals surface area contributed by atoms with Crippen molar-refractivity contribution in [2.75, 3.05) is 39.3 Å². The molecule has 3 N–H and O–H groups in total. The van der Waals surface area contributed by atoms with Crippen LogP contribution in [0, 0.1) is 16.7 Å². The summed E-state index contributed by atoms with van der Waals surface area (Å²) in [7, 11) is 0. The fourth-order valence-corrected chi connectivity index (χ4v) is 5.83. The Balaban J connectivity index is 2.26. The van der Waals surface area contributed by atoms with Crippen molar-refractivity contribution in [2.24, 2.45) is 16.7 Å². The lowest BCUT2D eigenvalue weighted by Crippen LogP contribution is -2.69. The predicted octanol–water partition coefficient (Wildman–Crippen LogP) is 0.742. The Morgan fingerprint density at radius 2 is 1.13 bits per heavy atom. The van der Waals surface area contributed by atoms with Crippen molar-refractivity contribution in [1.29, 1.82) is 0 Å². The standard InChI is InChI=1S/C21H35N3O6/c1-13(19(29)30)18(24-9-10-24)21(20(2,3)4,14(11-16(25)26)22-5-6-22)15(12-17(27)28)23-7-8-23/h13-15,18H,5-12H2,1-4H3,(H,25,26)(H,27,28)(H,29,30). The van der Waals surface area contributed by atoms with Gasteiger partial charge in [0.05, 0.1) is 18.8 Å². The molecule has 9 nitrogen and oxygen atoms in total. The van der Waals surface area contributed by atoms with Crippen molar-refractivity contribution in [2.45, 2.75) is 58.7 Å². The van der Waals surface area contributed by atoms with Crippen molar-refractivity contribution in [3.63, 3.8) is 0 Å². The summed E-state index contributed by atoms with van der Waals surface area (Å²) in [6.45, 7) is 12.3. The number of carboxylic acid groups (broad SMARTS) is 3. The number of hydrogen-bond acceptors (Lipinski definition) is 6. The van der Waals surface area contributed by atoms with E-state index in [1.807, 2.05) is 20.8 Å². The van der Waals surface area contributed by atoms with Crippen LogP contribution in [0.3, 0.4) is 0 Å². The van der Waals surface area contributed by atoms with Gasteiger partial charge >= 0.3 is 17.9 Å². The van der Waals surface area contributed by atoms with E-state index in [-0.39, 0.29) is 12.8 Å². The topological polar surface area (TPSA) is 121 Å². The number of rotatable bonds is 12. The van der Waals surface area contributed by atoms with E-state index in [2.05, 4.69) is 14.7 Å². The van der Waals surface area contributed by atoms with Crippen molar-refractivity contribution in [1.82, 2.24) is 14.7 Å². The molecular weight excluding hydrogens is 390 g/mol. The Morgan fingerprint density at radius 1 is 0.767 bits per heavy atom. The minimum atomic E-state index is -0.937. The third-order valence-electron chi connectivity index (χ3n) is 7.21. The second-order valence-electron chi connectivity index (χ2n) is 10.1. The highest BCUT2D eigenvalue weighted by molar-refractivity contribution is 5.72. The molecule has 0 aromatic carbocycles. The fourth-order valence-electron chi connectivity index (χ4n) is 5.83. The summed E-state index contributed by atoms with van der Waals surface area (Å²) in [4.78, 5) is 42.5. The summed E-state index contributed by atoms with van der Waals surface area (Å²) < 4.78 is 0. The molecule has 9 heteroatoms. The lowest BCUT2D eigenvalue weighted by molar-refractivity contribution is -0.159. The zero-order valence-corrected chi connectivity index (χ0v) is 18.4. The van der Waals surface area contributed by atoms with Gasteiger partial charge in [-0.25, -0.2) is 0 Å². The van der Waals surface area contributed by atoms with Crippen LogP contribution in [0.5, 0.6) is 0 Å². The normalized spacial score (nSPS) is 25.6. The number of carbonyl (C=O) groups is 3. The fraction of sp³-hybridized carbons (Fsp3) is 0.857. The second kappa shape index (κ2) is 8.09. The van der Waals surface area contributed by atoms with Crippen molar-refractivity contribution in [3.8, 4) is 0 Å². The summed E-state index contributed by atoms with van der Waals surface area (Å²) in [5.41, 5.74) is -1.39. The van der Waals surface area contributed by atoms with Gasteiger partial charge in [0.25, 0.3) is 0 Å². The van der Waals surface area contributed by atoms with E-state index >= 15 is 0 Å². The highest BCUT2D eigenvalue weighted by Crippen LogP contribution is 2.58. The van der Waals surface area contributed by atoms with E-state index in [9.17, 15) is 29.7 Å². The van der Waals surface area contributed by atoms with Crippen LogP contribution >= 0.6 is 0 Å². The summed E-state index contributed by atoms with van der Waals surface area (Å²) in [6, 6.07) is -1.33. The Morgan fingerprint density at radius 3 is 1.37 bits per heavy atom. The molecule has 0 saturated carbocycles. The maximum Gasteiger partial charge on any atom is 0.307 e. The Hall–Kier alpha value is -1.71. The van der Waals surface area contributed by atoms with Gasteiger partial charge in [-0.1, -0.05) is 27.7 Å². The summed E-state index contributed by atoms with van der Waals surface area (Å²) in [5.74, 6) is -3.56. The van der Waals surface area contributed by atoms with Crippen LogP contribution in [-0.4, -0.2) is 105 Å². The van der Waals surface area contributed by atoms with E-state index < -0.39 is 52.8 Å². The molecule has 170 valence electrons. The van der Waals surface area contributed by atoms with E-state index in [0.717, 1.165) is 39.3 Å². The van der Waals surface area contributed by atoms with Crippen molar-refractivity contribution < 1.29 is 29.7 Å². The largest absolute Gasteiger partial charge is 0.481 e. The van der Waals surface area contributed by atoms with E-state index in [1.165, 1.54) is 0 Å². The second-order valence-corrected chi connectivity index (χ2v) is 10.1. The molecule has 0 bridgehead atoms. The lowest BCUT2D eigenvalue weighted by atomic mass is 9.51. The van der Waals surface area contributed by atoms with Crippen LogP contribution in [-0.2, 0) is 14.4 Å². The van der Waals surface area contributed by atoms with Crippen molar-refractivity contribution in [3.05, 3.63) is 0 Å². The summed E-state index contributed by atoms with van der Waals surface area (Å²) in [5, 5.41) is 29.6. The van der Waals surface area contributed by atoms with Gasteiger partial charge in [0, 0.05) is 62.8 Å². The molecule has 0 aliphatic carbocycles. The van der Waals surface area contributed by atoms with Crippen LogP contribution in [0.4, 0.5) is 0 Å². The molecule has 0 aromatic heterocycles. The van der Waals surface area contributed by atoms with E-state index in [0.29, 0.717) is 0 Å². The molecule has 3 heterocycles. The van der Waals surface area contributed by atoms with Crippen molar-refractivity contribution >= 4 is 17.9 Å². The first-order valence-corrected chi connectivity index (χ1v) is 10.8. The average molecular weight is 426 g/mol. The van der Waals surface area contributed by atoms with Gasteiger partial charge in [-0.05, 0) is 5.41 Å². The molecule has 4 atom stereocenters. The minimum absolute atomic E-state index is 0.127. The summed E-state index contributed by atoms with van der Waals surface area (Å²) in [6.07, 6.45) is -0.254. The average Bonchev–Trinajstić information content (AvgIpc) is 3.44. The first-order valence-electron chi connectivity index (χ1n) is 10.8. The van der Waals surface area contributed by atoms with Gasteiger partial charge in [-0.3, -0.25) is 29.1 Å². The molecule has 0 amide bonds. The number of aliphatic carboxylic acids is 3. The van der Waals surface area contributed by atoms with Crippen LogP contribution in [0.15, 0.2) is 0 Å². The first-order chi connectivity index (χ1) is 13.9. The van der Waals surface area contributed by atoms with Gasteiger partial charge in [0.1, 0.15) is 0 Å². The number of hydrogen-bond donors (Lipinski definition) is 3. The predicted molar refractivity (Wildman–Crippen MR) is 109 cm³/mol. The van der Waals surface area contributed by atoms with Crippen LogP contribution < -0.4 is 0 Å². The molecule has 3 aliphatic rings. The van der Waals surface area contributed by atoms with E-state index in [1.54, 1.807) is 6.92 Å². The maximum atomic E-state index is 12.2. The van der Waals surface area contributed by atoms with Crippen LogP contribution in [0.1, 0.15) is 40.5 Å². The zero-order valence-electron chi connectivity index (χ0n) is 18.4. The molecule has 3 fully saturated rings. The smallest absolute Gasteiger partial charge is 0.307 e.